The molecular weight excluding hydrogens is 206 g/mol. The first-order valence-corrected chi connectivity index (χ1v) is 7.64. The quantitative estimate of drug-likeness (QED) is 0.787. The fourth-order valence-electron chi connectivity index (χ4n) is 2.25. The molecule has 90 valence electrons. The van der Waals surface area contributed by atoms with E-state index in [9.17, 15) is 4.21 Å². The molecule has 0 aromatic rings. The van der Waals surface area contributed by atoms with Gasteiger partial charge in [-0.15, -0.1) is 0 Å². The lowest BCUT2D eigenvalue weighted by atomic mass is 9.94. The lowest BCUT2D eigenvalue weighted by Crippen LogP contribution is -2.45. The van der Waals surface area contributed by atoms with Crippen molar-refractivity contribution in [1.82, 2.24) is 5.32 Å². The molecule has 3 unspecified atom stereocenters. The van der Waals surface area contributed by atoms with E-state index < -0.39 is 10.8 Å². The average molecular weight is 231 g/mol. The Hall–Kier alpha value is 0.110. The Morgan fingerprint density at radius 2 is 2.00 bits per heavy atom. The minimum absolute atomic E-state index is 0.405. The molecule has 1 aliphatic carbocycles. The summed E-state index contributed by atoms with van der Waals surface area (Å²) in [5.41, 5.74) is 0. The predicted molar refractivity (Wildman–Crippen MR) is 67.6 cm³/mol. The van der Waals surface area contributed by atoms with Gasteiger partial charge < -0.3 is 5.32 Å². The summed E-state index contributed by atoms with van der Waals surface area (Å²) < 4.78 is 11.9. The van der Waals surface area contributed by atoms with E-state index in [0.717, 1.165) is 18.7 Å². The van der Waals surface area contributed by atoms with Gasteiger partial charge in [0.05, 0.1) is 5.25 Å². The van der Waals surface area contributed by atoms with E-state index in [1.54, 1.807) is 0 Å². The van der Waals surface area contributed by atoms with Crippen LogP contribution >= 0.6 is 0 Å². The second-order valence-corrected chi connectivity index (χ2v) is 6.85. The Morgan fingerprint density at radius 3 is 2.60 bits per heavy atom. The molecule has 0 amide bonds. The van der Waals surface area contributed by atoms with E-state index >= 15 is 0 Å². The highest BCUT2D eigenvalue weighted by atomic mass is 32.2. The van der Waals surface area contributed by atoms with Gasteiger partial charge >= 0.3 is 0 Å². The molecule has 1 saturated carbocycles. The number of hydrogen-bond donors (Lipinski definition) is 1. The average Bonchev–Trinajstić information content (AvgIpc) is 2.25. The zero-order chi connectivity index (χ0) is 11.3. The molecule has 0 spiro atoms. The minimum Gasteiger partial charge on any atom is -0.313 e. The Balaban J connectivity index is 2.46. The molecule has 0 bridgehead atoms. The number of nitrogens with one attached hydrogen (secondary N) is 1. The van der Waals surface area contributed by atoms with Crippen molar-refractivity contribution in [3.8, 4) is 0 Å². The maximum absolute atomic E-state index is 11.9. The fraction of sp³-hybridized carbons (Fsp3) is 1.00. The topological polar surface area (TPSA) is 29.1 Å². The van der Waals surface area contributed by atoms with Crippen LogP contribution in [0.15, 0.2) is 0 Å². The van der Waals surface area contributed by atoms with Gasteiger partial charge in [-0.05, 0) is 25.3 Å². The van der Waals surface area contributed by atoms with Crippen molar-refractivity contribution in [2.45, 2.75) is 57.7 Å². The highest BCUT2D eigenvalue weighted by Gasteiger charge is 2.28. The summed E-state index contributed by atoms with van der Waals surface area (Å²) in [6.07, 6.45) is 4.92. The van der Waals surface area contributed by atoms with Gasteiger partial charge in [-0.25, -0.2) is 0 Å². The highest BCUT2D eigenvalue weighted by Crippen LogP contribution is 2.23. The van der Waals surface area contributed by atoms with Gasteiger partial charge in [0.15, 0.2) is 0 Å². The van der Waals surface area contributed by atoms with Crippen LogP contribution in [0.2, 0.25) is 0 Å². The molecule has 3 heteroatoms. The van der Waals surface area contributed by atoms with Crippen LogP contribution in [-0.2, 0) is 10.8 Å². The first-order chi connectivity index (χ1) is 7.15. The third-order valence-corrected chi connectivity index (χ3v) is 4.92. The van der Waals surface area contributed by atoms with Gasteiger partial charge in [0.1, 0.15) is 0 Å². The van der Waals surface area contributed by atoms with Crippen molar-refractivity contribution < 1.29 is 4.21 Å². The Kier molecular flexibility index (Phi) is 5.83. The first kappa shape index (κ1) is 13.2. The molecule has 15 heavy (non-hydrogen) atoms. The molecule has 1 aliphatic rings. The lowest BCUT2D eigenvalue weighted by molar-refractivity contribution is 0.363. The van der Waals surface area contributed by atoms with E-state index in [1.807, 2.05) is 6.92 Å². The first-order valence-electron chi connectivity index (χ1n) is 6.25. The summed E-state index contributed by atoms with van der Waals surface area (Å²) in [4.78, 5) is 0. The van der Waals surface area contributed by atoms with Crippen LogP contribution in [0, 0.1) is 5.92 Å². The van der Waals surface area contributed by atoms with Crippen molar-refractivity contribution in [2.24, 2.45) is 5.92 Å². The summed E-state index contributed by atoms with van der Waals surface area (Å²) in [5.74, 6) is 1.49. The molecule has 0 aromatic carbocycles. The summed E-state index contributed by atoms with van der Waals surface area (Å²) in [5, 5.41) is 4.00. The van der Waals surface area contributed by atoms with E-state index in [0.29, 0.717) is 17.2 Å². The highest BCUT2D eigenvalue weighted by molar-refractivity contribution is 7.85. The van der Waals surface area contributed by atoms with Crippen LogP contribution in [0.4, 0.5) is 0 Å². The Bertz CT molecular complexity index is 206. The van der Waals surface area contributed by atoms with Gasteiger partial charge in [0, 0.05) is 22.6 Å². The zero-order valence-electron chi connectivity index (χ0n) is 10.3. The van der Waals surface area contributed by atoms with Crippen LogP contribution < -0.4 is 5.32 Å². The molecule has 3 atom stereocenters. The van der Waals surface area contributed by atoms with E-state index in [2.05, 4.69) is 19.2 Å². The third kappa shape index (κ3) is 4.23. The van der Waals surface area contributed by atoms with Gasteiger partial charge in [-0.3, -0.25) is 4.21 Å². The summed E-state index contributed by atoms with van der Waals surface area (Å²) in [6.45, 7) is 7.54. The monoisotopic (exact) mass is 231 g/mol. The molecule has 0 radical (unpaired) electrons. The molecule has 1 fully saturated rings. The van der Waals surface area contributed by atoms with Crippen molar-refractivity contribution in [2.75, 3.05) is 12.3 Å². The van der Waals surface area contributed by atoms with E-state index in [-0.39, 0.29) is 0 Å². The van der Waals surface area contributed by atoms with Crippen molar-refractivity contribution >= 4 is 10.8 Å². The largest absolute Gasteiger partial charge is 0.313 e. The summed E-state index contributed by atoms with van der Waals surface area (Å²) in [7, 11) is -0.621. The molecule has 2 nitrogen and oxygen atoms in total. The van der Waals surface area contributed by atoms with Gasteiger partial charge in [0.2, 0.25) is 0 Å². The van der Waals surface area contributed by atoms with Crippen LogP contribution in [-0.4, -0.2) is 27.8 Å². The number of rotatable bonds is 5. The van der Waals surface area contributed by atoms with E-state index in [1.165, 1.54) is 19.3 Å². The summed E-state index contributed by atoms with van der Waals surface area (Å²) in [6, 6.07) is 0.502. The minimum atomic E-state index is -0.621. The Labute approximate surface area is 96.7 Å². The summed E-state index contributed by atoms with van der Waals surface area (Å²) >= 11 is 0. The Morgan fingerprint density at radius 1 is 1.33 bits per heavy atom. The van der Waals surface area contributed by atoms with E-state index in [4.69, 9.17) is 0 Å². The molecule has 0 heterocycles. The van der Waals surface area contributed by atoms with Gasteiger partial charge in [0.25, 0.3) is 0 Å². The van der Waals surface area contributed by atoms with Crippen molar-refractivity contribution in [1.29, 1.82) is 0 Å². The smallest absolute Gasteiger partial charge is 0.0501 e. The van der Waals surface area contributed by atoms with Crippen LogP contribution in [0.3, 0.4) is 0 Å². The predicted octanol–water partition coefficient (Wildman–Crippen LogP) is 2.31. The second-order valence-electron chi connectivity index (χ2n) is 4.90. The lowest BCUT2D eigenvalue weighted by Gasteiger charge is -2.32. The SMILES string of the molecule is CCS(=O)C1CCCCC1NCC(C)C. The van der Waals surface area contributed by atoms with Gasteiger partial charge in [-0.2, -0.15) is 0 Å². The maximum Gasteiger partial charge on any atom is 0.0501 e. The standard InChI is InChI=1S/C12H25NOS/c1-4-15(14)12-8-6-5-7-11(12)13-9-10(2)3/h10-13H,4-9H2,1-3H3. The van der Waals surface area contributed by atoms with Crippen LogP contribution in [0.25, 0.3) is 0 Å². The molecule has 1 N–H and O–H groups in total. The maximum atomic E-state index is 11.9. The third-order valence-electron chi connectivity index (χ3n) is 3.11. The number of hydrogen-bond acceptors (Lipinski definition) is 2. The normalized spacial score (nSPS) is 29.3. The molecule has 0 aromatic heterocycles. The molecular formula is C12H25NOS. The zero-order valence-corrected chi connectivity index (χ0v) is 11.1. The van der Waals surface area contributed by atoms with Crippen molar-refractivity contribution in [3.05, 3.63) is 0 Å². The van der Waals surface area contributed by atoms with Crippen LogP contribution in [0.5, 0.6) is 0 Å². The molecule has 0 aliphatic heterocycles. The fourth-order valence-corrected chi connectivity index (χ4v) is 3.70. The second kappa shape index (κ2) is 6.64. The van der Waals surface area contributed by atoms with Gasteiger partial charge in [-0.1, -0.05) is 33.6 Å². The van der Waals surface area contributed by atoms with Crippen molar-refractivity contribution in [3.63, 3.8) is 0 Å². The molecule has 1 rings (SSSR count). The molecule has 0 saturated heterocycles. The van der Waals surface area contributed by atoms with Crippen LogP contribution in [0.1, 0.15) is 46.5 Å².